The van der Waals surface area contributed by atoms with Gasteiger partial charge in [0.05, 0.1) is 32.8 Å². The minimum atomic E-state index is -2.94. The lowest BCUT2D eigenvalue weighted by molar-refractivity contribution is -0.212. The fraction of sp³-hybridized carbons (Fsp3) is 0.471. The molecule has 53 heavy (non-hydrogen) atoms. The molecule has 0 aromatic heterocycles. The molecular formula is C34H42Br2NO15P. The number of esters is 5. The van der Waals surface area contributed by atoms with Crippen LogP contribution in [0.15, 0.2) is 57.5 Å². The number of ether oxygens (including phenoxy) is 5. The number of aliphatic hydroxyl groups is 1. The lowest BCUT2D eigenvalue weighted by Crippen LogP contribution is -2.54. The van der Waals surface area contributed by atoms with Gasteiger partial charge in [0, 0.05) is 50.0 Å². The minimum Gasteiger partial charge on any atom is -0.465 e. The molecule has 1 amide bonds. The summed E-state index contributed by atoms with van der Waals surface area (Å²) >= 11 is 6.73. The number of hydrogen-bond donors (Lipinski definition) is 2. The number of carbonyl (C=O) groups excluding carboxylic acids is 6. The number of nitrogens with one attached hydrogen (secondary N) is 1. The largest absolute Gasteiger partial charge is 0.465 e. The van der Waals surface area contributed by atoms with E-state index in [1.165, 1.54) is 0 Å². The molecule has 19 heteroatoms. The number of methoxy groups -OCH3 is 1. The van der Waals surface area contributed by atoms with Crippen LogP contribution in [0, 0.1) is 0 Å². The Morgan fingerprint density at radius 3 is 1.58 bits per heavy atom. The summed E-state index contributed by atoms with van der Waals surface area (Å²) in [4.78, 5) is 74.0. The monoisotopic (exact) mass is 893 g/mol. The average molecular weight is 895 g/mol. The highest BCUT2D eigenvalue weighted by molar-refractivity contribution is 9.10. The van der Waals surface area contributed by atoms with Gasteiger partial charge in [-0.05, 0) is 35.4 Å². The minimum absolute atomic E-state index is 0.0810. The summed E-state index contributed by atoms with van der Waals surface area (Å²) in [6.07, 6.45) is -5.76. The zero-order valence-electron chi connectivity index (χ0n) is 29.8. The zero-order chi connectivity index (χ0) is 39.7. The number of amides is 1. The molecule has 0 fully saturated rings. The molecule has 0 aliphatic rings. The van der Waals surface area contributed by atoms with Gasteiger partial charge in [-0.2, -0.15) is 0 Å². The van der Waals surface area contributed by atoms with E-state index in [4.69, 9.17) is 37.3 Å². The van der Waals surface area contributed by atoms with Crippen molar-refractivity contribution in [2.45, 2.75) is 90.8 Å². The maximum atomic E-state index is 13.3. The van der Waals surface area contributed by atoms with Gasteiger partial charge < -0.3 is 43.2 Å². The third-order valence-corrected chi connectivity index (χ3v) is 9.04. The van der Waals surface area contributed by atoms with Gasteiger partial charge in [-0.15, -0.1) is 0 Å². The summed E-state index contributed by atoms with van der Waals surface area (Å²) in [5.41, 5.74) is 1.38. The van der Waals surface area contributed by atoms with Crippen LogP contribution in [0.5, 0.6) is 0 Å². The van der Waals surface area contributed by atoms with Crippen molar-refractivity contribution in [3.8, 4) is 0 Å². The molecule has 5 atom stereocenters. The van der Waals surface area contributed by atoms with Crippen molar-refractivity contribution in [3.63, 3.8) is 0 Å². The fourth-order valence-corrected chi connectivity index (χ4v) is 6.25. The van der Waals surface area contributed by atoms with Crippen molar-refractivity contribution < 1.29 is 71.1 Å². The fourth-order valence-electron chi connectivity index (χ4n) is 4.63. The molecule has 2 N–H and O–H groups in total. The highest BCUT2D eigenvalue weighted by Crippen LogP contribution is 2.47. The Morgan fingerprint density at radius 2 is 1.17 bits per heavy atom. The summed E-state index contributed by atoms with van der Waals surface area (Å²) < 4.78 is 45.4. The number of carbonyl (C=O) groups is 6. The van der Waals surface area contributed by atoms with Crippen molar-refractivity contribution in [1.29, 1.82) is 0 Å². The Morgan fingerprint density at radius 1 is 0.717 bits per heavy atom. The van der Waals surface area contributed by atoms with E-state index in [2.05, 4.69) is 37.2 Å². The van der Waals surface area contributed by atoms with Gasteiger partial charge in [-0.25, -0.2) is 4.79 Å². The van der Waals surface area contributed by atoms with Gasteiger partial charge in [0.25, 0.3) is 5.79 Å². The molecule has 2 rings (SSSR count). The Hall–Kier alpha value is -3.51. The molecule has 0 saturated carbocycles. The second-order valence-electron chi connectivity index (χ2n) is 11.4. The molecule has 0 bridgehead atoms. The van der Waals surface area contributed by atoms with E-state index in [0.29, 0.717) is 11.1 Å². The van der Waals surface area contributed by atoms with Gasteiger partial charge in [0.1, 0.15) is 18.8 Å². The van der Waals surface area contributed by atoms with E-state index in [1.54, 1.807) is 48.5 Å². The molecular weight excluding hydrogens is 853 g/mol. The lowest BCUT2D eigenvalue weighted by atomic mass is 9.94. The Bertz CT molecular complexity index is 1500. The van der Waals surface area contributed by atoms with Crippen LogP contribution in [0.3, 0.4) is 0 Å². The molecule has 0 radical (unpaired) electrons. The summed E-state index contributed by atoms with van der Waals surface area (Å²) in [5.74, 6) is -8.25. The van der Waals surface area contributed by atoms with Crippen molar-refractivity contribution in [3.05, 3.63) is 68.6 Å². The van der Waals surface area contributed by atoms with Crippen LogP contribution < -0.4 is 5.32 Å². The molecule has 2 aromatic rings. The molecule has 0 aliphatic heterocycles. The van der Waals surface area contributed by atoms with Crippen LogP contribution in [-0.2, 0) is 79.2 Å². The first-order valence-electron chi connectivity index (χ1n) is 15.9. The number of halogens is 2. The molecule has 0 saturated heterocycles. The van der Waals surface area contributed by atoms with Crippen LogP contribution in [-0.4, -0.2) is 84.7 Å². The Balaban J connectivity index is 2.55. The molecule has 16 nitrogen and oxygen atoms in total. The van der Waals surface area contributed by atoms with Crippen molar-refractivity contribution >= 4 is 76.2 Å². The smallest absolute Gasteiger partial charge is 0.366 e. The highest BCUT2D eigenvalue weighted by atomic mass is 79.9. The summed E-state index contributed by atoms with van der Waals surface area (Å²) in [6, 6.07) is 12.8. The van der Waals surface area contributed by atoms with E-state index < -0.39 is 93.9 Å². The van der Waals surface area contributed by atoms with Gasteiger partial charge in [0.2, 0.25) is 5.91 Å². The van der Waals surface area contributed by atoms with E-state index >= 15 is 0 Å². The maximum absolute atomic E-state index is 13.3. The average Bonchev–Trinajstić information content (AvgIpc) is 3.07. The van der Waals surface area contributed by atoms with Crippen LogP contribution in [0.25, 0.3) is 0 Å². The molecule has 1 unspecified atom stereocenters. The SMILES string of the molecule is COC(=O)[C@@](O)(CC(OC(C)=O)[C@H](C[C@H](OC(C)=O)[C@@H](COC(C)=O)OC(C)=O)NC(C)=O)OP(OCc1ccc(Br)cc1)OCc1ccc(Br)cc1. The van der Waals surface area contributed by atoms with Crippen LogP contribution >= 0.6 is 40.5 Å². The van der Waals surface area contributed by atoms with E-state index in [9.17, 15) is 33.9 Å². The highest BCUT2D eigenvalue weighted by Gasteiger charge is 2.48. The van der Waals surface area contributed by atoms with Crippen LogP contribution in [0.2, 0.25) is 0 Å². The molecule has 0 spiro atoms. The predicted octanol–water partition coefficient (Wildman–Crippen LogP) is 4.69. The van der Waals surface area contributed by atoms with Crippen molar-refractivity contribution in [2.24, 2.45) is 0 Å². The molecule has 0 aliphatic carbocycles. The number of benzene rings is 2. The van der Waals surface area contributed by atoms with Gasteiger partial charge >= 0.3 is 38.4 Å². The van der Waals surface area contributed by atoms with E-state index in [1.807, 2.05) is 0 Å². The first-order chi connectivity index (χ1) is 24.9. The Kier molecular flexibility index (Phi) is 19.5. The van der Waals surface area contributed by atoms with Crippen LogP contribution in [0.4, 0.5) is 0 Å². The number of hydrogen-bond acceptors (Lipinski definition) is 15. The van der Waals surface area contributed by atoms with E-state index in [0.717, 1.165) is 50.7 Å². The lowest BCUT2D eigenvalue weighted by Gasteiger charge is -2.36. The van der Waals surface area contributed by atoms with E-state index in [-0.39, 0.29) is 13.2 Å². The quantitative estimate of drug-likeness (QED) is 0.0754. The van der Waals surface area contributed by atoms with Crippen molar-refractivity contribution in [1.82, 2.24) is 5.32 Å². The Labute approximate surface area is 324 Å². The van der Waals surface area contributed by atoms with Gasteiger partial charge in [-0.3, -0.25) is 28.5 Å². The first kappa shape index (κ1) is 45.6. The third kappa shape index (κ3) is 17.5. The normalized spacial score (nSPS) is 14.5. The molecule has 0 heterocycles. The first-order valence-corrected chi connectivity index (χ1v) is 18.6. The summed E-state index contributed by atoms with van der Waals surface area (Å²) in [7, 11) is -1.60. The zero-order valence-corrected chi connectivity index (χ0v) is 33.9. The molecule has 2 aromatic carbocycles. The summed E-state index contributed by atoms with van der Waals surface area (Å²) in [5, 5.41) is 14.4. The molecule has 292 valence electrons. The number of rotatable bonds is 21. The topological polar surface area (TPSA) is 209 Å². The van der Waals surface area contributed by atoms with Crippen LogP contribution in [0.1, 0.15) is 58.6 Å². The maximum Gasteiger partial charge on any atom is 0.366 e. The predicted molar refractivity (Wildman–Crippen MR) is 193 cm³/mol. The van der Waals surface area contributed by atoms with Gasteiger partial charge in [0.15, 0.2) is 6.10 Å². The van der Waals surface area contributed by atoms with Gasteiger partial charge in [-0.1, -0.05) is 56.1 Å². The third-order valence-electron chi connectivity index (χ3n) is 6.85. The van der Waals surface area contributed by atoms with Crippen molar-refractivity contribution in [2.75, 3.05) is 13.7 Å². The summed E-state index contributed by atoms with van der Waals surface area (Å²) in [6.45, 7) is 4.70. The second-order valence-corrected chi connectivity index (χ2v) is 14.4. The second kappa shape index (κ2) is 22.6. The standard InChI is InChI=1S/C34H42Br2NO15P/c1-20(38)37-29(15-30(49-22(3)40)32(51-24(5)42)19-46-21(2)39)31(50-23(4)41)16-34(44,33(43)45-6)52-53(47-17-25-7-11-27(35)12-8-25)48-18-26-9-13-28(36)14-10-26/h7-14,29-32,44H,15-19H2,1-6H3,(H,37,38)/t29-,30-,31?,32+,34+/m0/s1.